The number of rotatable bonds is 4. The molecule has 1 fully saturated rings. The first-order valence-corrected chi connectivity index (χ1v) is 6.51. The van der Waals surface area contributed by atoms with Crippen LogP contribution in [0.25, 0.3) is 0 Å². The van der Waals surface area contributed by atoms with E-state index in [1.165, 1.54) is 0 Å². The van der Waals surface area contributed by atoms with Gasteiger partial charge in [-0.3, -0.25) is 9.59 Å². The molecular formula is C13H24N2O3. The number of nitrogens with zero attached hydrogens (tertiary/aromatic N) is 1. The smallest absolute Gasteiger partial charge is 0.225 e. The number of hydrogen-bond donors (Lipinski definition) is 2. The first-order valence-electron chi connectivity index (χ1n) is 6.51. The van der Waals surface area contributed by atoms with Gasteiger partial charge in [-0.15, -0.1) is 0 Å². The number of hydrogen-bond acceptors (Lipinski definition) is 3. The number of likely N-dealkylation sites (tertiary alicyclic amines) is 1. The number of carbonyl (C=O) groups is 2. The summed E-state index contributed by atoms with van der Waals surface area (Å²) in [7, 11) is 0. The van der Waals surface area contributed by atoms with Crippen LogP contribution in [0.15, 0.2) is 0 Å². The van der Waals surface area contributed by atoms with Crippen molar-refractivity contribution in [3.05, 3.63) is 0 Å². The van der Waals surface area contributed by atoms with E-state index >= 15 is 0 Å². The zero-order valence-corrected chi connectivity index (χ0v) is 11.5. The molecule has 1 atom stereocenters. The third-order valence-corrected chi connectivity index (χ3v) is 3.20. The van der Waals surface area contributed by atoms with Crippen molar-refractivity contribution in [3.63, 3.8) is 0 Å². The summed E-state index contributed by atoms with van der Waals surface area (Å²) in [4.78, 5) is 25.2. The second kappa shape index (κ2) is 6.18. The summed E-state index contributed by atoms with van der Waals surface area (Å²) in [6.45, 7) is 7.42. The minimum Gasteiger partial charge on any atom is -0.396 e. The highest BCUT2D eigenvalue weighted by Gasteiger charge is 2.26. The molecule has 0 aliphatic carbocycles. The van der Waals surface area contributed by atoms with E-state index in [9.17, 15) is 9.59 Å². The number of nitrogens with one attached hydrogen (secondary N) is 1. The third kappa shape index (κ3) is 4.29. The number of aliphatic hydroxyl groups is 1. The lowest BCUT2D eigenvalue weighted by atomic mass is 9.96. The number of carbonyl (C=O) groups excluding carboxylic acids is 2. The van der Waals surface area contributed by atoms with Crippen molar-refractivity contribution in [2.45, 2.75) is 33.6 Å². The molecule has 1 saturated heterocycles. The Labute approximate surface area is 109 Å². The third-order valence-electron chi connectivity index (χ3n) is 3.20. The lowest BCUT2D eigenvalue weighted by molar-refractivity contribution is -0.131. The van der Waals surface area contributed by atoms with Gasteiger partial charge in [0.15, 0.2) is 0 Å². The molecule has 2 N–H and O–H groups in total. The van der Waals surface area contributed by atoms with Crippen molar-refractivity contribution < 1.29 is 14.7 Å². The van der Waals surface area contributed by atoms with E-state index in [0.29, 0.717) is 19.5 Å². The van der Waals surface area contributed by atoms with Gasteiger partial charge in [0, 0.05) is 44.0 Å². The van der Waals surface area contributed by atoms with E-state index in [0.717, 1.165) is 13.0 Å². The molecular weight excluding hydrogens is 232 g/mol. The Kier molecular flexibility index (Phi) is 5.14. The number of amides is 2. The van der Waals surface area contributed by atoms with Crippen molar-refractivity contribution in [2.24, 2.45) is 11.3 Å². The van der Waals surface area contributed by atoms with Crippen LogP contribution in [-0.2, 0) is 9.59 Å². The molecule has 0 radical (unpaired) electrons. The molecule has 0 aromatic rings. The highest BCUT2D eigenvalue weighted by atomic mass is 16.3. The van der Waals surface area contributed by atoms with Crippen molar-refractivity contribution in [2.75, 3.05) is 26.2 Å². The lowest BCUT2D eigenvalue weighted by Crippen LogP contribution is -2.38. The maximum absolute atomic E-state index is 11.8. The second-order valence-corrected chi connectivity index (χ2v) is 5.93. The van der Waals surface area contributed by atoms with Gasteiger partial charge in [0.2, 0.25) is 11.8 Å². The van der Waals surface area contributed by atoms with E-state index in [1.807, 2.05) is 20.8 Å². The van der Waals surface area contributed by atoms with Crippen molar-refractivity contribution >= 4 is 11.8 Å². The zero-order valence-electron chi connectivity index (χ0n) is 11.5. The fraction of sp³-hybridized carbons (Fsp3) is 0.846. The predicted molar refractivity (Wildman–Crippen MR) is 68.9 cm³/mol. The fourth-order valence-corrected chi connectivity index (χ4v) is 1.91. The van der Waals surface area contributed by atoms with Crippen molar-refractivity contribution in [1.82, 2.24) is 10.2 Å². The van der Waals surface area contributed by atoms with Gasteiger partial charge in [-0.1, -0.05) is 20.8 Å². The summed E-state index contributed by atoms with van der Waals surface area (Å²) in [6, 6.07) is 0. The quantitative estimate of drug-likeness (QED) is 0.764. The van der Waals surface area contributed by atoms with Crippen LogP contribution in [0, 0.1) is 11.3 Å². The Hall–Kier alpha value is -1.10. The van der Waals surface area contributed by atoms with Gasteiger partial charge in [-0.05, 0) is 6.42 Å². The average molecular weight is 256 g/mol. The van der Waals surface area contributed by atoms with Crippen LogP contribution < -0.4 is 5.32 Å². The first kappa shape index (κ1) is 15.0. The van der Waals surface area contributed by atoms with Crippen molar-refractivity contribution in [1.29, 1.82) is 0 Å². The number of aliphatic hydroxyl groups excluding tert-OH is 1. The lowest BCUT2D eigenvalue weighted by Gasteiger charge is -2.19. The molecule has 0 spiro atoms. The summed E-state index contributed by atoms with van der Waals surface area (Å²) < 4.78 is 0. The Morgan fingerprint density at radius 2 is 2.06 bits per heavy atom. The Morgan fingerprint density at radius 3 is 2.56 bits per heavy atom. The second-order valence-electron chi connectivity index (χ2n) is 5.93. The zero-order chi connectivity index (χ0) is 13.8. The maximum Gasteiger partial charge on any atom is 0.225 e. The molecule has 104 valence electrons. The van der Waals surface area contributed by atoms with Crippen molar-refractivity contribution in [3.8, 4) is 0 Å². The molecule has 1 aliphatic rings. The molecule has 1 unspecified atom stereocenters. The first-order chi connectivity index (χ1) is 8.34. The van der Waals surface area contributed by atoms with Crippen LogP contribution in [-0.4, -0.2) is 48.1 Å². The van der Waals surface area contributed by atoms with Crippen LogP contribution in [0.3, 0.4) is 0 Å². The fourth-order valence-electron chi connectivity index (χ4n) is 1.91. The van der Waals surface area contributed by atoms with Crippen LogP contribution in [0.1, 0.15) is 33.6 Å². The molecule has 0 saturated carbocycles. The summed E-state index contributed by atoms with van der Waals surface area (Å²) >= 11 is 0. The van der Waals surface area contributed by atoms with Crippen LogP contribution in [0.4, 0.5) is 0 Å². The van der Waals surface area contributed by atoms with E-state index in [1.54, 1.807) is 4.90 Å². The standard InChI is InChI=1S/C13H24N2O3/c1-13(2,3)12(18)14-6-4-11(17)15-7-5-10(8-15)9-16/h10,16H,4-9H2,1-3H3,(H,14,18). The minimum atomic E-state index is -0.418. The Bertz CT molecular complexity index is 310. The van der Waals surface area contributed by atoms with Gasteiger partial charge in [0.05, 0.1) is 0 Å². The van der Waals surface area contributed by atoms with Gasteiger partial charge in [-0.2, -0.15) is 0 Å². The minimum absolute atomic E-state index is 0.0371. The molecule has 0 aromatic carbocycles. The largest absolute Gasteiger partial charge is 0.396 e. The van der Waals surface area contributed by atoms with E-state index in [4.69, 9.17) is 5.11 Å². The van der Waals surface area contributed by atoms with Gasteiger partial charge in [-0.25, -0.2) is 0 Å². The highest BCUT2D eigenvalue weighted by molar-refractivity contribution is 5.82. The molecule has 0 aromatic heterocycles. The van der Waals surface area contributed by atoms with Crippen LogP contribution in [0.5, 0.6) is 0 Å². The molecule has 5 nitrogen and oxygen atoms in total. The Balaban J connectivity index is 2.24. The SMILES string of the molecule is CC(C)(C)C(=O)NCCC(=O)N1CCC(CO)C1. The molecule has 5 heteroatoms. The molecule has 1 heterocycles. The highest BCUT2D eigenvalue weighted by Crippen LogP contribution is 2.16. The van der Waals surface area contributed by atoms with Gasteiger partial charge >= 0.3 is 0 Å². The van der Waals surface area contributed by atoms with E-state index < -0.39 is 5.41 Å². The molecule has 2 amide bonds. The monoisotopic (exact) mass is 256 g/mol. The van der Waals surface area contributed by atoms with Gasteiger partial charge < -0.3 is 15.3 Å². The average Bonchev–Trinajstić information content (AvgIpc) is 2.75. The summed E-state index contributed by atoms with van der Waals surface area (Å²) in [5.41, 5.74) is -0.418. The summed E-state index contributed by atoms with van der Waals surface area (Å²) in [6.07, 6.45) is 1.20. The van der Waals surface area contributed by atoms with Crippen LogP contribution >= 0.6 is 0 Å². The summed E-state index contributed by atoms with van der Waals surface area (Å²) in [5, 5.41) is 11.8. The molecule has 0 bridgehead atoms. The Morgan fingerprint density at radius 1 is 1.39 bits per heavy atom. The normalized spacial score (nSPS) is 20.0. The van der Waals surface area contributed by atoms with Crippen LogP contribution in [0.2, 0.25) is 0 Å². The van der Waals surface area contributed by atoms with Gasteiger partial charge in [0.25, 0.3) is 0 Å². The van der Waals surface area contributed by atoms with E-state index in [2.05, 4.69) is 5.32 Å². The summed E-state index contributed by atoms with van der Waals surface area (Å²) in [5.74, 6) is 0.239. The predicted octanol–water partition coefficient (Wildman–Crippen LogP) is 0.380. The maximum atomic E-state index is 11.8. The molecule has 1 rings (SSSR count). The van der Waals surface area contributed by atoms with Gasteiger partial charge in [0.1, 0.15) is 0 Å². The topological polar surface area (TPSA) is 69.6 Å². The molecule has 18 heavy (non-hydrogen) atoms. The van der Waals surface area contributed by atoms with E-state index in [-0.39, 0.29) is 24.3 Å². The molecule has 1 aliphatic heterocycles.